The van der Waals surface area contributed by atoms with Gasteiger partial charge in [-0.2, -0.15) is 0 Å². The molecule has 0 aromatic carbocycles. The zero-order valence-corrected chi connectivity index (χ0v) is 12.2. The smallest absolute Gasteiger partial charge is 0.350 e. The molecule has 96 valence electrons. The molecule has 17 heavy (non-hydrogen) atoms. The largest absolute Gasteiger partial charge is 0.465 e. The summed E-state index contributed by atoms with van der Waals surface area (Å²) in [5.41, 5.74) is 7.75. The monoisotopic (exact) mass is 255 g/mol. The number of nitrogen functional groups attached to an aromatic ring is 1. The maximum Gasteiger partial charge on any atom is 0.350 e. The topological polar surface area (TPSA) is 52.3 Å². The van der Waals surface area contributed by atoms with Gasteiger partial charge in [-0.25, -0.2) is 4.79 Å². The van der Waals surface area contributed by atoms with Gasteiger partial charge in [-0.1, -0.05) is 34.6 Å². The molecule has 1 heterocycles. The summed E-state index contributed by atoms with van der Waals surface area (Å²) < 4.78 is 4.77. The molecule has 0 bridgehead atoms. The van der Waals surface area contributed by atoms with Gasteiger partial charge in [0.1, 0.15) is 4.88 Å². The van der Waals surface area contributed by atoms with Crippen LogP contribution in [0.3, 0.4) is 0 Å². The Hall–Kier alpha value is -1.03. The van der Waals surface area contributed by atoms with E-state index in [4.69, 9.17) is 10.5 Å². The average Bonchev–Trinajstić information content (AvgIpc) is 2.54. The highest BCUT2D eigenvalue weighted by Gasteiger charge is 2.29. The van der Waals surface area contributed by atoms with Crippen LogP contribution in [0, 0.1) is 0 Å². The number of methoxy groups -OCH3 is 1. The Morgan fingerprint density at radius 1 is 1.35 bits per heavy atom. The van der Waals surface area contributed by atoms with Crippen molar-refractivity contribution in [2.45, 2.75) is 46.0 Å². The lowest BCUT2D eigenvalue weighted by molar-refractivity contribution is 0.0607. The van der Waals surface area contributed by atoms with Crippen molar-refractivity contribution in [3.8, 4) is 0 Å². The van der Waals surface area contributed by atoms with Crippen molar-refractivity contribution >= 4 is 23.0 Å². The first kappa shape index (κ1) is 14.0. The Labute approximate surface area is 107 Å². The van der Waals surface area contributed by atoms with Gasteiger partial charge in [0.25, 0.3) is 0 Å². The van der Waals surface area contributed by atoms with Crippen molar-refractivity contribution in [1.82, 2.24) is 0 Å². The van der Waals surface area contributed by atoms with Gasteiger partial charge in [0, 0.05) is 4.88 Å². The van der Waals surface area contributed by atoms with Crippen molar-refractivity contribution in [1.29, 1.82) is 0 Å². The van der Waals surface area contributed by atoms with Gasteiger partial charge in [-0.3, -0.25) is 0 Å². The summed E-state index contributed by atoms with van der Waals surface area (Å²) in [6.07, 6.45) is 0. The van der Waals surface area contributed by atoms with Gasteiger partial charge in [0.05, 0.1) is 12.8 Å². The second-order valence-electron chi connectivity index (χ2n) is 5.48. The Balaban J connectivity index is 3.46. The molecule has 0 saturated carbocycles. The molecule has 1 aromatic heterocycles. The number of thiophene rings is 1. The third kappa shape index (κ3) is 2.63. The average molecular weight is 255 g/mol. The first-order chi connectivity index (χ1) is 7.70. The van der Waals surface area contributed by atoms with Crippen LogP contribution in [0.25, 0.3) is 0 Å². The fraction of sp³-hybridized carbons (Fsp3) is 0.615. The van der Waals surface area contributed by atoms with Crippen LogP contribution in [0.5, 0.6) is 0 Å². The van der Waals surface area contributed by atoms with Crippen LogP contribution in [-0.4, -0.2) is 13.1 Å². The molecule has 0 fully saturated rings. The summed E-state index contributed by atoms with van der Waals surface area (Å²) in [6, 6.07) is 0. The number of hydrogen-bond acceptors (Lipinski definition) is 4. The number of anilines is 1. The first-order valence-electron chi connectivity index (χ1n) is 5.71. The Bertz CT molecular complexity index is 427. The standard InChI is InChI=1S/C13H21NO2S/c1-7(2)8-9(14)10(12(15)16-6)17-11(8)13(3,4)5/h7H,14H2,1-6H3. The van der Waals surface area contributed by atoms with Crippen LogP contribution in [0.1, 0.15) is 60.6 Å². The predicted molar refractivity (Wildman–Crippen MR) is 72.9 cm³/mol. The molecule has 0 amide bonds. The van der Waals surface area contributed by atoms with Crippen LogP contribution in [-0.2, 0) is 10.2 Å². The maximum absolute atomic E-state index is 11.7. The summed E-state index contributed by atoms with van der Waals surface area (Å²) in [5.74, 6) is -0.0382. The molecule has 0 unspecified atom stereocenters. The zero-order chi connectivity index (χ0) is 13.4. The van der Waals surface area contributed by atoms with Crippen molar-refractivity contribution in [3.05, 3.63) is 15.3 Å². The minimum absolute atomic E-state index is 0.00926. The molecular weight excluding hydrogens is 234 g/mol. The second kappa shape index (κ2) is 4.69. The lowest BCUT2D eigenvalue weighted by Gasteiger charge is -2.20. The third-order valence-corrected chi connectivity index (χ3v) is 4.24. The normalized spacial score (nSPS) is 11.9. The number of ether oxygens (including phenoxy) is 1. The quantitative estimate of drug-likeness (QED) is 0.822. The molecule has 0 atom stereocenters. The molecule has 0 aliphatic rings. The molecule has 0 aliphatic carbocycles. The summed E-state index contributed by atoms with van der Waals surface area (Å²) in [6.45, 7) is 10.6. The van der Waals surface area contributed by atoms with E-state index in [1.807, 2.05) is 0 Å². The highest BCUT2D eigenvalue weighted by Crippen LogP contribution is 2.42. The molecule has 1 rings (SSSR count). The van der Waals surface area contributed by atoms with E-state index in [-0.39, 0.29) is 11.4 Å². The Kier molecular flexibility index (Phi) is 3.87. The van der Waals surface area contributed by atoms with Gasteiger partial charge in [-0.15, -0.1) is 11.3 Å². The van der Waals surface area contributed by atoms with Gasteiger partial charge in [0.2, 0.25) is 0 Å². The number of carbonyl (C=O) groups is 1. The summed E-state index contributed by atoms with van der Waals surface area (Å²) in [7, 11) is 1.38. The molecule has 2 N–H and O–H groups in total. The molecule has 3 nitrogen and oxygen atoms in total. The molecule has 0 radical (unpaired) electrons. The predicted octanol–water partition coefficient (Wildman–Crippen LogP) is 3.54. The van der Waals surface area contributed by atoms with E-state index < -0.39 is 0 Å². The molecule has 0 spiro atoms. The molecule has 0 aliphatic heterocycles. The second-order valence-corrected chi connectivity index (χ2v) is 6.50. The number of carbonyl (C=O) groups excluding carboxylic acids is 1. The van der Waals surface area contributed by atoms with Crippen molar-refractivity contribution in [3.63, 3.8) is 0 Å². The van der Waals surface area contributed by atoms with Gasteiger partial charge < -0.3 is 10.5 Å². The van der Waals surface area contributed by atoms with Crippen LogP contribution >= 0.6 is 11.3 Å². The highest BCUT2D eigenvalue weighted by atomic mass is 32.1. The first-order valence-corrected chi connectivity index (χ1v) is 6.52. The van der Waals surface area contributed by atoms with Crippen molar-refractivity contribution in [2.24, 2.45) is 0 Å². The van der Waals surface area contributed by atoms with E-state index in [2.05, 4.69) is 34.6 Å². The molecule has 1 aromatic rings. The lowest BCUT2D eigenvalue weighted by Crippen LogP contribution is -2.12. The minimum Gasteiger partial charge on any atom is -0.465 e. The van der Waals surface area contributed by atoms with E-state index in [9.17, 15) is 4.79 Å². The number of nitrogens with two attached hydrogens (primary N) is 1. The fourth-order valence-electron chi connectivity index (χ4n) is 1.83. The van der Waals surface area contributed by atoms with E-state index in [0.29, 0.717) is 16.5 Å². The van der Waals surface area contributed by atoms with E-state index >= 15 is 0 Å². The molecule has 4 heteroatoms. The van der Waals surface area contributed by atoms with E-state index in [1.54, 1.807) is 0 Å². The van der Waals surface area contributed by atoms with Crippen molar-refractivity contribution in [2.75, 3.05) is 12.8 Å². The summed E-state index contributed by atoms with van der Waals surface area (Å²) in [5, 5.41) is 0. The van der Waals surface area contributed by atoms with Crippen molar-refractivity contribution < 1.29 is 9.53 Å². The van der Waals surface area contributed by atoms with E-state index in [1.165, 1.54) is 23.3 Å². The molecular formula is C13H21NO2S. The molecule has 0 saturated heterocycles. The number of hydrogen-bond donors (Lipinski definition) is 1. The SMILES string of the molecule is COC(=O)c1sc(C(C)(C)C)c(C(C)C)c1N. The van der Waals surface area contributed by atoms with Gasteiger partial charge in [-0.05, 0) is 16.9 Å². The number of esters is 1. The zero-order valence-electron chi connectivity index (χ0n) is 11.4. The summed E-state index contributed by atoms with van der Waals surface area (Å²) >= 11 is 1.45. The number of rotatable bonds is 2. The Morgan fingerprint density at radius 2 is 1.88 bits per heavy atom. The van der Waals surface area contributed by atoms with Crippen LogP contribution in [0.4, 0.5) is 5.69 Å². The minimum atomic E-state index is -0.343. The highest BCUT2D eigenvalue weighted by molar-refractivity contribution is 7.15. The third-order valence-electron chi connectivity index (χ3n) is 2.61. The lowest BCUT2D eigenvalue weighted by atomic mass is 9.87. The van der Waals surface area contributed by atoms with Crippen LogP contribution in [0.15, 0.2) is 0 Å². The van der Waals surface area contributed by atoms with Crippen LogP contribution in [0.2, 0.25) is 0 Å². The van der Waals surface area contributed by atoms with E-state index in [0.717, 1.165) is 5.56 Å². The summed E-state index contributed by atoms with van der Waals surface area (Å²) in [4.78, 5) is 13.4. The Morgan fingerprint density at radius 3 is 2.18 bits per heavy atom. The van der Waals surface area contributed by atoms with Gasteiger partial charge in [0.15, 0.2) is 0 Å². The van der Waals surface area contributed by atoms with Gasteiger partial charge >= 0.3 is 5.97 Å². The van der Waals surface area contributed by atoms with Crippen LogP contribution < -0.4 is 5.73 Å². The fourth-order valence-corrected chi connectivity index (χ4v) is 3.18. The maximum atomic E-state index is 11.7.